The van der Waals surface area contributed by atoms with Gasteiger partial charge in [0.2, 0.25) is 0 Å². The van der Waals surface area contributed by atoms with E-state index in [-0.39, 0.29) is 6.04 Å². The topological polar surface area (TPSA) is 49.5 Å². The van der Waals surface area contributed by atoms with Gasteiger partial charge in [-0.05, 0) is 44.8 Å². The van der Waals surface area contributed by atoms with Crippen molar-refractivity contribution in [1.82, 2.24) is 4.90 Å². The number of rotatable bonds is 5. The summed E-state index contributed by atoms with van der Waals surface area (Å²) < 4.78 is 0. The molecule has 1 aromatic carbocycles. The zero-order chi connectivity index (χ0) is 14.5. The maximum Gasteiger partial charge on any atom is 0.120 e. The van der Waals surface area contributed by atoms with Crippen molar-refractivity contribution in [2.45, 2.75) is 51.6 Å². The molecule has 2 rings (SSSR count). The van der Waals surface area contributed by atoms with E-state index < -0.39 is 0 Å². The lowest BCUT2D eigenvalue weighted by atomic mass is 9.82. The van der Waals surface area contributed by atoms with Crippen LogP contribution in [0.2, 0.25) is 0 Å². The first kappa shape index (κ1) is 15.3. The molecule has 0 aliphatic heterocycles. The summed E-state index contributed by atoms with van der Waals surface area (Å²) in [5.41, 5.74) is 7.00. The summed E-state index contributed by atoms with van der Waals surface area (Å²) in [6.45, 7) is 6.17. The first-order valence-corrected chi connectivity index (χ1v) is 7.92. The van der Waals surface area contributed by atoms with Crippen molar-refractivity contribution in [2.24, 2.45) is 11.7 Å². The third-order valence-electron chi connectivity index (χ3n) is 4.85. The van der Waals surface area contributed by atoms with Gasteiger partial charge in [-0.25, -0.2) is 0 Å². The minimum Gasteiger partial charge on any atom is -0.508 e. The molecule has 0 spiro atoms. The molecule has 1 aromatic rings. The Balaban J connectivity index is 2.20. The molecule has 1 aliphatic rings. The molecule has 0 bridgehead atoms. The molecule has 3 atom stereocenters. The van der Waals surface area contributed by atoms with E-state index >= 15 is 0 Å². The first-order chi connectivity index (χ1) is 9.69. The van der Waals surface area contributed by atoms with E-state index in [0.29, 0.717) is 17.7 Å². The van der Waals surface area contributed by atoms with Crippen LogP contribution in [0.1, 0.15) is 51.1 Å². The quantitative estimate of drug-likeness (QED) is 0.867. The van der Waals surface area contributed by atoms with E-state index in [1.54, 1.807) is 6.07 Å². The molecule has 3 nitrogen and oxygen atoms in total. The monoisotopic (exact) mass is 276 g/mol. The highest BCUT2D eigenvalue weighted by molar-refractivity contribution is 5.34. The SMILES string of the molecule is CCN(C(C)c1ccccc1O)C1CCCCC1CN. The van der Waals surface area contributed by atoms with Crippen LogP contribution in [0, 0.1) is 5.92 Å². The molecule has 1 fully saturated rings. The molecule has 0 aromatic heterocycles. The molecular weight excluding hydrogens is 248 g/mol. The normalized spacial score (nSPS) is 24.8. The van der Waals surface area contributed by atoms with Crippen LogP contribution in [0.3, 0.4) is 0 Å². The first-order valence-electron chi connectivity index (χ1n) is 7.92. The Morgan fingerprint density at radius 2 is 2.00 bits per heavy atom. The second-order valence-electron chi connectivity index (χ2n) is 5.91. The van der Waals surface area contributed by atoms with E-state index in [1.165, 1.54) is 25.7 Å². The molecule has 0 heterocycles. The molecule has 3 unspecified atom stereocenters. The van der Waals surface area contributed by atoms with E-state index in [0.717, 1.165) is 18.7 Å². The number of aromatic hydroxyl groups is 1. The maximum atomic E-state index is 10.1. The van der Waals surface area contributed by atoms with Crippen LogP contribution in [0.15, 0.2) is 24.3 Å². The molecule has 1 saturated carbocycles. The Morgan fingerprint density at radius 3 is 2.65 bits per heavy atom. The van der Waals surface area contributed by atoms with Gasteiger partial charge in [-0.1, -0.05) is 38.0 Å². The third-order valence-corrected chi connectivity index (χ3v) is 4.85. The molecule has 0 amide bonds. The molecule has 3 heteroatoms. The Kier molecular flexibility index (Phi) is 5.44. The highest BCUT2D eigenvalue weighted by Gasteiger charge is 2.32. The minimum atomic E-state index is 0.235. The highest BCUT2D eigenvalue weighted by Crippen LogP contribution is 2.35. The van der Waals surface area contributed by atoms with E-state index in [2.05, 4.69) is 18.7 Å². The minimum absolute atomic E-state index is 0.235. The number of hydrogen-bond donors (Lipinski definition) is 2. The second-order valence-corrected chi connectivity index (χ2v) is 5.91. The molecule has 112 valence electrons. The average Bonchev–Trinajstić information content (AvgIpc) is 2.49. The molecule has 0 saturated heterocycles. The van der Waals surface area contributed by atoms with Gasteiger partial charge in [0.1, 0.15) is 5.75 Å². The van der Waals surface area contributed by atoms with Gasteiger partial charge in [0.05, 0.1) is 0 Å². The number of nitrogens with two attached hydrogens (primary N) is 1. The van der Waals surface area contributed by atoms with Crippen molar-refractivity contribution in [3.8, 4) is 5.75 Å². The fraction of sp³-hybridized carbons (Fsp3) is 0.647. The number of benzene rings is 1. The Labute approximate surface area is 122 Å². The Bertz CT molecular complexity index is 421. The summed E-state index contributed by atoms with van der Waals surface area (Å²) in [5.74, 6) is 0.996. The molecule has 1 aliphatic carbocycles. The fourth-order valence-electron chi connectivity index (χ4n) is 3.71. The van der Waals surface area contributed by atoms with Crippen molar-refractivity contribution in [3.63, 3.8) is 0 Å². The zero-order valence-corrected chi connectivity index (χ0v) is 12.8. The Hall–Kier alpha value is -1.06. The maximum absolute atomic E-state index is 10.1. The molecule has 20 heavy (non-hydrogen) atoms. The third kappa shape index (κ3) is 3.15. The molecule has 0 radical (unpaired) electrons. The van der Waals surface area contributed by atoms with E-state index in [1.807, 2.05) is 18.2 Å². The van der Waals surface area contributed by atoms with Crippen molar-refractivity contribution < 1.29 is 5.11 Å². The van der Waals surface area contributed by atoms with Gasteiger partial charge >= 0.3 is 0 Å². The van der Waals surface area contributed by atoms with Crippen LogP contribution in [0.4, 0.5) is 0 Å². The lowest BCUT2D eigenvalue weighted by Gasteiger charge is -2.42. The van der Waals surface area contributed by atoms with Crippen LogP contribution < -0.4 is 5.73 Å². The van der Waals surface area contributed by atoms with Gasteiger partial charge in [0.25, 0.3) is 0 Å². The number of nitrogens with zero attached hydrogens (tertiary/aromatic N) is 1. The van der Waals surface area contributed by atoms with Gasteiger partial charge in [-0.3, -0.25) is 4.90 Å². The van der Waals surface area contributed by atoms with Gasteiger partial charge in [0, 0.05) is 17.6 Å². The van der Waals surface area contributed by atoms with Crippen LogP contribution in [-0.4, -0.2) is 29.1 Å². The summed E-state index contributed by atoms with van der Waals surface area (Å²) in [6.07, 6.45) is 5.07. The lowest BCUT2D eigenvalue weighted by Crippen LogP contribution is -2.46. The van der Waals surface area contributed by atoms with Gasteiger partial charge in [-0.15, -0.1) is 0 Å². The van der Waals surface area contributed by atoms with Crippen LogP contribution in [0.25, 0.3) is 0 Å². The lowest BCUT2D eigenvalue weighted by molar-refractivity contribution is 0.0760. The van der Waals surface area contributed by atoms with Crippen molar-refractivity contribution >= 4 is 0 Å². The summed E-state index contributed by atoms with van der Waals surface area (Å²) >= 11 is 0. The van der Waals surface area contributed by atoms with Crippen LogP contribution >= 0.6 is 0 Å². The predicted octanol–water partition coefficient (Wildman–Crippen LogP) is 3.29. The van der Waals surface area contributed by atoms with Crippen molar-refractivity contribution in [1.29, 1.82) is 0 Å². The highest BCUT2D eigenvalue weighted by atomic mass is 16.3. The van der Waals surface area contributed by atoms with Crippen molar-refractivity contribution in [3.05, 3.63) is 29.8 Å². The summed E-state index contributed by atoms with van der Waals surface area (Å²) in [7, 11) is 0. The van der Waals surface area contributed by atoms with Gasteiger partial charge < -0.3 is 10.8 Å². The van der Waals surface area contributed by atoms with Gasteiger partial charge in [-0.2, -0.15) is 0 Å². The zero-order valence-electron chi connectivity index (χ0n) is 12.8. The van der Waals surface area contributed by atoms with Crippen LogP contribution in [-0.2, 0) is 0 Å². The smallest absolute Gasteiger partial charge is 0.120 e. The molecule has 3 N–H and O–H groups in total. The largest absolute Gasteiger partial charge is 0.508 e. The average molecular weight is 276 g/mol. The summed E-state index contributed by atoms with van der Waals surface area (Å²) in [5, 5.41) is 10.1. The van der Waals surface area contributed by atoms with E-state index in [4.69, 9.17) is 5.73 Å². The van der Waals surface area contributed by atoms with E-state index in [9.17, 15) is 5.11 Å². The number of hydrogen-bond acceptors (Lipinski definition) is 3. The standard InChI is InChI=1S/C17H28N2O/c1-3-19(16-10-6-4-8-14(16)12-18)13(2)15-9-5-7-11-17(15)20/h5,7,9,11,13-14,16,20H,3-4,6,8,10,12,18H2,1-2H3. The summed E-state index contributed by atoms with van der Waals surface area (Å²) in [4.78, 5) is 2.52. The summed E-state index contributed by atoms with van der Waals surface area (Å²) in [6, 6.07) is 8.47. The second kappa shape index (κ2) is 7.09. The predicted molar refractivity (Wildman–Crippen MR) is 83.7 cm³/mol. The van der Waals surface area contributed by atoms with Crippen molar-refractivity contribution in [2.75, 3.05) is 13.1 Å². The number of phenols is 1. The van der Waals surface area contributed by atoms with Gasteiger partial charge in [0.15, 0.2) is 0 Å². The number of phenolic OH excluding ortho intramolecular Hbond substituents is 1. The number of para-hydroxylation sites is 1. The van der Waals surface area contributed by atoms with Crippen LogP contribution in [0.5, 0.6) is 5.75 Å². The fourth-order valence-corrected chi connectivity index (χ4v) is 3.71. The Morgan fingerprint density at radius 1 is 1.30 bits per heavy atom. The molecular formula is C17H28N2O.